The van der Waals surface area contributed by atoms with Gasteiger partial charge in [-0.3, -0.25) is 10.1 Å². The van der Waals surface area contributed by atoms with Gasteiger partial charge in [-0.2, -0.15) is 0 Å². The molecule has 1 amide bonds. The smallest absolute Gasteiger partial charge is 0.337 e. The second kappa shape index (κ2) is 6.40. The SMILES string of the molecule is Cc1nnc(NC(=O)c2cc(=O)oc3cc(OC(C)C)ccc23)s1. The molecule has 0 bridgehead atoms. The Hall–Kier alpha value is -2.74. The molecule has 1 aromatic carbocycles. The highest BCUT2D eigenvalue weighted by atomic mass is 32.1. The Labute approximate surface area is 141 Å². The van der Waals surface area contributed by atoms with E-state index >= 15 is 0 Å². The minimum Gasteiger partial charge on any atom is -0.491 e. The Morgan fingerprint density at radius 1 is 1.29 bits per heavy atom. The van der Waals surface area contributed by atoms with Gasteiger partial charge in [0.1, 0.15) is 16.3 Å². The van der Waals surface area contributed by atoms with Crippen LogP contribution in [0.5, 0.6) is 5.75 Å². The van der Waals surface area contributed by atoms with Gasteiger partial charge in [-0.1, -0.05) is 11.3 Å². The number of hydrogen-bond acceptors (Lipinski definition) is 7. The minimum absolute atomic E-state index is 0.0127. The Bertz CT molecular complexity index is 961. The van der Waals surface area contributed by atoms with Gasteiger partial charge < -0.3 is 9.15 Å². The fourth-order valence-electron chi connectivity index (χ4n) is 2.19. The lowest BCUT2D eigenvalue weighted by Gasteiger charge is -2.10. The topological polar surface area (TPSA) is 94.3 Å². The first-order chi connectivity index (χ1) is 11.4. The lowest BCUT2D eigenvalue weighted by molar-refractivity contribution is 0.102. The van der Waals surface area contributed by atoms with Crippen molar-refractivity contribution >= 4 is 33.3 Å². The maximum Gasteiger partial charge on any atom is 0.337 e. The molecule has 0 atom stereocenters. The second-order valence-corrected chi connectivity index (χ2v) is 6.57. The molecule has 0 spiro atoms. The summed E-state index contributed by atoms with van der Waals surface area (Å²) in [5.74, 6) is 0.125. The van der Waals surface area contributed by atoms with Crippen LogP contribution >= 0.6 is 11.3 Å². The van der Waals surface area contributed by atoms with Gasteiger partial charge in [-0.25, -0.2) is 4.79 Å². The number of aromatic nitrogens is 2. The molecule has 0 aliphatic carbocycles. The van der Waals surface area contributed by atoms with Gasteiger partial charge in [0, 0.05) is 17.5 Å². The Balaban J connectivity index is 2.00. The summed E-state index contributed by atoms with van der Waals surface area (Å²) in [7, 11) is 0. The lowest BCUT2D eigenvalue weighted by Crippen LogP contribution is -2.15. The molecule has 3 aromatic rings. The molecule has 24 heavy (non-hydrogen) atoms. The minimum atomic E-state index is -0.609. The van der Waals surface area contributed by atoms with Crippen molar-refractivity contribution in [1.29, 1.82) is 0 Å². The summed E-state index contributed by atoms with van der Waals surface area (Å²) in [4.78, 5) is 24.3. The third kappa shape index (κ3) is 3.43. The molecule has 2 heterocycles. The van der Waals surface area contributed by atoms with Gasteiger partial charge in [0.25, 0.3) is 5.91 Å². The summed E-state index contributed by atoms with van der Waals surface area (Å²) < 4.78 is 10.8. The zero-order chi connectivity index (χ0) is 17.3. The summed E-state index contributed by atoms with van der Waals surface area (Å²) in [6, 6.07) is 6.18. The van der Waals surface area contributed by atoms with Gasteiger partial charge in [0.15, 0.2) is 0 Å². The van der Waals surface area contributed by atoms with Crippen molar-refractivity contribution in [2.24, 2.45) is 0 Å². The lowest BCUT2D eigenvalue weighted by atomic mass is 10.1. The van der Waals surface area contributed by atoms with Crippen LogP contribution in [0.3, 0.4) is 0 Å². The third-order valence-electron chi connectivity index (χ3n) is 3.08. The normalized spacial score (nSPS) is 11.0. The number of anilines is 1. The summed E-state index contributed by atoms with van der Waals surface area (Å²) in [6.45, 7) is 5.58. The number of nitrogens with one attached hydrogen (secondary N) is 1. The quantitative estimate of drug-likeness (QED) is 0.731. The van der Waals surface area contributed by atoms with Gasteiger partial charge in [0.2, 0.25) is 5.13 Å². The van der Waals surface area contributed by atoms with Crippen LogP contribution in [0.15, 0.2) is 33.5 Å². The van der Waals surface area contributed by atoms with Crippen molar-refractivity contribution in [2.45, 2.75) is 26.9 Å². The summed E-state index contributed by atoms with van der Waals surface area (Å²) in [5, 5.41) is 12.0. The Morgan fingerprint density at radius 3 is 2.75 bits per heavy atom. The van der Waals surface area contributed by atoms with E-state index in [-0.39, 0.29) is 11.7 Å². The zero-order valence-electron chi connectivity index (χ0n) is 13.3. The molecule has 1 N–H and O–H groups in total. The fraction of sp³-hybridized carbons (Fsp3) is 0.250. The molecule has 0 aliphatic heterocycles. The number of aryl methyl sites for hydroxylation is 1. The zero-order valence-corrected chi connectivity index (χ0v) is 14.1. The highest BCUT2D eigenvalue weighted by Crippen LogP contribution is 2.24. The highest BCUT2D eigenvalue weighted by molar-refractivity contribution is 7.15. The van der Waals surface area contributed by atoms with E-state index in [2.05, 4.69) is 15.5 Å². The molecule has 0 unspecified atom stereocenters. The van der Waals surface area contributed by atoms with E-state index in [4.69, 9.17) is 9.15 Å². The van der Waals surface area contributed by atoms with Crippen LogP contribution in [0.4, 0.5) is 5.13 Å². The highest BCUT2D eigenvalue weighted by Gasteiger charge is 2.16. The molecule has 0 fully saturated rings. The third-order valence-corrected chi connectivity index (χ3v) is 3.83. The average molecular weight is 345 g/mol. The van der Waals surface area contributed by atoms with Crippen LogP contribution in [0, 0.1) is 6.92 Å². The molecule has 0 radical (unpaired) electrons. The molecular formula is C16H15N3O4S. The predicted molar refractivity (Wildman–Crippen MR) is 90.8 cm³/mol. The van der Waals surface area contributed by atoms with E-state index < -0.39 is 11.5 Å². The number of fused-ring (bicyclic) bond motifs is 1. The predicted octanol–water partition coefficient (Wildman–Crippen LogP) is 2.99. The number of hydrogen-bond donors (Lipinski definition) is 1. The van der Waals surface area contributed by atoms with E-state index in [1.165, 1.54) is 11.3 Å². The van der Waals surface area contributed by atoms with Gasteiger partial charge >= 0.3 is 5.63 Å². The maximum atomic E-state index is 12.5. The van der Waals surface area contributed by atoms with Crippen LogP contribution in [0.2, 0.25) is 0 Å². The molecule has 2 aromatic heterocycles. The molecular weight excluding hydrogens is 330 g/mol. The Morgan fingerprint density at radius 2 is 2.08 bits per heavy atom. The largest absolute Gasteiger partial charge is 0.491 e. The number of rotatable bonds is 4. The number of nitrogens with zero attached hydrogens (tertiary/aromatic N) is 2. The number of carbonyl (C=O) groups excluding carboxylic acids is 1. The van der Waals surface area contributed by atoms with Crippen molar-refractivity contribution in [3.63, 3.8) is 0 Å². The number of amides is 1. The summed E-state index contributed by atoms with van der Waals surface area (Å²) in [5.41, 5.74) is -0.104. The molecule has 3 rings (SSSR count). The first kappa shape index (κ1) is 16.1. The van der Waals surface area contributed by atoms with Crippen LogP contribution in [-0.4, -0.2) is 22.2 Å². The van der Waals surface area contributed by atoms with Crippen molar-refractivity contribution in [3.8, 4) is 5.75 Å². The Kier molecular flexibility index (Phi) is 4.30. The van der Waals surface area contributed by atoms with E-state index in [0.717, 1.165) is 11.1 Å². The average Bonchev–Trinajstić information content (AvgIpc) is 2.90. The monoisotopic (exact) mass is 345 g/mol. The molecule has 124 valence electrons. The fourth-order valence-corrected chi connectivity index (χ4v) is 2.77. The number of ether oxygens (including phenoxy) is 1. The van der Waals surface area contributed by atoms with E-state index in [1.807, 2.05) is 13.8 Å². The molecule has 8 heteroatoms. The summed E-state index contributed by atoms with van der Waals surface area (Å²) >= 11 is 1.25. The van der Waals surface area contributed by atoms with E-state index in [1.54, 1.807) is 25.1 Å². The van der Waals surface area contributed by atoms with Crippen LogP contribution in [-0.2, 0) is 0 Å². The maximum absolute atomic E-state index is 12.5. The first-order valence-corrected chi connectivity index (χ1v) is 8.10. The van der Waals surface area contributed by atoms with E-state index in [0.29, 0.717) is 21.9 Å². The van der Waals surface area contributed by atoms with Crippen molar-refractivity contribution in [1.82, 2.24) is 10.2 Å². The van der Waals surface area contributed by atoms with Gasteiger partial charge in [-0.05, 0) is 32.9 Å². The summed E-state index contributed by atoms with van der Waals surface area (Å²) in [6.07, 6.45) is -0.0127. The standard InChI is InChI=1S/C16H15N3O4S/c1-8(2)22-10-4-5-11-12(7-14(20)23-13(11)6-10)15(21)17-16-19-18-9(3)24-16/h4-8H,1-3H3,(H,17,19,21). The van der Waals surface area contributed by atoms with Crippen LogP contribution in [0.25, 0.3) is 11.0 Å². The van der Waals surface area contributed by atoms with Crippen molar-refractivity contribution < 1.29 is 13.9 Å². The van der Waals surface area contributed by atoms with Crippen molar-refractivity contribution in [3.05, 3.63) is 45.3 Å². The molecule has 0 saturated heterocycles. The van der Waals surface area contributed by atoms with Gasteiger partial charge in [-0.15, -0.1) is 10.2 Å². The van der Waals surface area contributed by atoms with Crippen molar-refractivity contribution in [2.75, 3.05) is 5.32 Å². The molecule has 7 nitrogen and oxygen atoms in total. The van der Waals surface area contributed by atoms with Crippen LogP contribution in [0.1, 0.15) is 29.2 Å². The number of benzene rings is 1. The number of carbonyl (C=O) groups is 1. The van der Waals surface area contributed by atoms with Crippen LogP contribution < -0.4 is 15.7 Å². The first-order valence-electron chi connectivity index (χ1n) is 7.28. The molecule has 0 aliphatic rings. The van der Waals surface area contributed by atoms with E-state index in [9.17, 15) is 9.59 Å². The molecule has 0 saturated carbocycles. The second-order valence-electron chi connectivity index (χ2n) is 5.38. The van der Waals surface area contributed by atoms with Gasteiger partial charge in [0.05, 0.1) is 11.7 Å².